The van der Waals surface area contributed by atoms with Gasteiger partial charge in [0.05, 0.1) is 21.8 Å². The number of phenols is 1. The minimum atomic E-state index is -0.419. The topological polar surface area (TPSA) is 91.5 Å². The standard InChI is InChI=1S/C32H30BrN5O2/c33-26-21-36-38-29(18-27(37-30(26)38)25-10-4-5-11-28(25)39)34-19-22-12-14-23(15-13-22)20-35-31(40)32(16-6-7-17-32)24-8-2-1-3-9-24/h1-5,8-15,18,21,34,39H,6-7,16-17,19-20H2,(H,35,40). The van der Waals surface area contributed by atoms with E-state index in [9.17, 15) is 9.90 Å². The number of fused-ring (bicyclic) bond motifs is 1. The molecule has 0 radical (unpaired) electrons. The predicted molar refractivity (Wildman–Crippen MR) is 160 cm³/mol. The summed E-state index contributed by atoms with van der Waals surface area (Å²) in [6.45, 7) is 1.07. The third kappa shape index (κ3) is 5.07. The van der Waals surface area contributed by atoms with Crippen LogP contribution in [0.3, 0.4) is 0 Å². The van der Waals surface area contributed by atoms with Crippen LogP contribution in [0.2, 0.25) is 0 Å². The Morgan fingerprint density at radius 3 is 2.33 bits per heavy atom. The fourth-order valence-corrected chi connectivity index (χ4v) is 5.94. The number of phenolic OH excluding ortho intramolecular Hbond substituents is 1. The number of anilines is 1. The van der Waals surface area contributed by atoms with Crippen LogP contribution in [0, 0.1) is 0 Å². The smallest absolute Gasteiger partial charge is 0.230 e. The molecule has 40 heavy (non-hydrogen) atoms. The van der Waals surface area contributed by atoms with Gasteiger partial charge in [0.25, 0.3) is 0 Å². The first-order valence-electron chi connectivity index (χ1n) is 13.5. The van der Waals surface area contributed by atoms with Crippen molar-refractivity contribution in [2.24, 2.45) is 0 Å². The molecule has 1 aliphatic carbocycles. The van der Waals surface area contributed by atoms with Crippen LogP contribution in [0.5, 0.6) is 5.75 Å². The van der Waals surface area contributed by atoms with Crippen molar-refractivity contribution in [2.75, 3.05) is 5.32 Å². The number of hydrogen-bond donors (Lipinski definition) is 3. The molecule has 7 nitrogen and oxygen atoms in total. The van der Waals surface area contributed by atoms with Crippen LogP contribution < -0.4 is 10.6 Å². The van der Waals surface area contributed by atoms with Gasteiger partial charge in [0.15, 0.2) is 5.65 Å². The van der Waals surface area contributed by atoms with Crippen LogP contribution in [0.1, 0.15) is 42.4 Å². The highest BCUT2D eigenvalue weighted by atomic mass is 79.9. The van der Waals surface area contributed by atoms with Crippen molar-refractivity contribution in [1.29, 1.82) is 0 Å². The van der Waals surface area contributed by atoms with Crippen molar-refractivity contribution < 1.29 is 9.90 Å². The minimum Gasteiger partial charge on any atom is -0.507 e. The van der Waals surface area contributed by atoms with E-state index in [1.807, 2.05) is 36.4 Å². The van der Waals surface area contributed by atoms with Crippen LogP contribution in [0.25, 0.3) is 16.9 Å². The molecular formula is C32H30BrN5O2. The Labute approximate surface area is 241 Å². The van der Waals surface area contributed by atoms with E-state index >= 15 is 0 Å². The highest BCUT2D eigenvalue weighted by Gasteiger charge is 2.42. The molecule has 0 atom stereocenters. The number of carbonyl (C=O) groups is 1. The zero-order valence-electron chi connectivity index (χ0n) is 22.0. The average Bonchev–Trinajstić information content (AvgIpc) is 3.64. The Morgan fingerprint density at radius 2 is 1.60 bits per heavy atom. The molecule has 1 aliphatic rings. The summed E-state index contributed by atoms with van der Waals surface area (Å²) in [5.74, 6) is 1.05. The molecule has 3 aromatic carbocycles. The van der Waals surface area contributed by atoms with Crippen molar-refractivity contribution in [1.82, 2.24) is 19.9 Å². The molecule has 1 saturated carbocycles. The van der Waals surface area contributed by atoms with E-state index in [0.29, 0.717) is 30.0 Å². The number of aromatic nitrogens is 3. The van der Waals surface area contributed by atoms with Gasteiger partial charge in [-0.1, -0.05) is 79.6 Å². The predicted octanol–water partition coefficient (Wildman–Crippen LogP) is 6.60. The highest BCUT2D eigenvalue weighted by Crippen LogP contribution is 2.41. The Balaban J connectivity index is 1.14. The summed E-state index contributed by atoms with van der Waals surface area (Å²) in [7, 11) is 0. The summed E-state index contributed by atoms with van der Waals surface area (Å²) >= 11 is 3.53. The minimum absolute atomic E-state index is 0.120. The SMILES string of the molecule is O=C(NCc1ccc(CNc2cc(-c3ccccc3O)nc3c(Br)cnn23)cc1)C1(c2ccccc2)CCCC1. The molecule has 0 aliphatic heterocycles. The number of para-hydroxylation sites is 1. The maximum Gasteiger partial charge on any atom is 0.230 e. The van der Waals surface area contributed by atoms with Gasteiger partial charge in [-0.2, -0.15) is 9.61 Å². The molecule has 202 valence electrons. The molecule has 8 heteroatoms. The second-order valence-electron chi connectivity index (χ2n) is 10.3. The van der Waals surface area contributed by atoms with Crippen molar-refractivity contribution in [2.45, 2.75) is 44.2 Å². The highest BCUT2D eigenvalue weighted by molar-refractivity contribution is 9.10. The number of aromatic hydroxyl groups is 1. The van der Waals surface area contributed by atoms with Crippen molar-refractivity contribution >= 4 is 33.3 Å². The molecule has 0 spiro atoms. The lowest BCUT2D eigenvalue weighted by Crippen LogP contribution is -2.42. The van der Waals surface area contributed by atoms with E-state index in [-0.39, 0.29) is 11.7 Å². The quantitative estimate of drug-likeness (QED) is 0.188. The Hall–Kier alpha value is -4.17. The number of rotatable bonds is 8. The molecule has 3 N–H and O–H groups in total. The number of carbonyl (C=O) groups excluding carboxylic acids is 1. The zero-order chi connectivity index (χ0) is 27.5. The largest absolute Gasteiger partial charge is 0.507 e. The summed E-state index contributed by atoms with van der Waals surface area (Å²) in [4.78, 5) is 18.1. The lowest BCUT2D eigenvalue weighted by molar-refractivity contribution is -0.126. The van der Waals surface area contributed by atoms with E-state index in [2.05, 4.69) is 68.1 Å². The van der Waals surface area contributed by atoms with Gasteiger partial charge in [-0.05, 0) is 57.6 Å². The Kier molecular flexibility index (Phi) is 7.26. The summed E-state index contributed by atoms with van der Waals surface area (Å²) in [5, 5.41) is 21.5. The van der Waals surface area contributed by atoms with Crippen LogP contribution in [0.15, 0.2) is 95.6 Å². The number of nitrogens with one attached hydrogen (secondary N) is 2. The van der Waals surface area contributed by atoms with Gasteiger partial charge >= 0.3 is 0 Å². The normalized spacial score (nSPS) is 14.3. The molecule has 6 rings (SSSR count). The molecule has 2 heterocycles. The average molecular weight is 597 g/mol. The van der Waals surface area contributed by atoms with E-state index in [0.717, 1.165) is 52.7 Å². The third-order valence-corrected chi connectivity index (χ3v) is 8.34. The van der Waals surface area contributed by atoms with Crippen LogP contribution >= 0.6 is 15.9 Å². The van der Waals surface area contributed by atoms with Gasteiger partial charge < -0.3 is 15.7 Å². The maximum atomic E-state index is 13.4. The zero-order valence-corrected chi connectivity index (χ0v) is 23.6. The lowest BCUT2D eigenvalue weighted by Gasteiger charge is -2.28. The molecular weight excluding hydrogens is 566 g/mol. The van der Waals surface area contributed by atoms with Gasteiger partial charge in [0.2, 0.25) is 5.91 Å². The first-order valence-corrected chi connectivity index (χ1v) is 14.3. The summed E-state index contributed by atoms with van der Waals surface area (Å²) in [5.41, 5.74) is 4.80. The van der Waals surface area contributed by atoms with E-state index in [1.54, 1.807) is 22.8 Å². The van der Waals surface area contributed by atoms with E-state index < -0.39 is 5.41 Å². The van der Waals surface area contributed by atoms with Crippen LogP contribution in [0.4, 0.5) is 5.82 Å². The lowest BCUT2D eigenvalue weighted by atomic mass is 9.78. The van der Waals surface area contributed by atoms with Gasteiger partial charge in [0.1, 0.15) is 11.6 Å². The summed E-state index contributed by atoms with van der Waals surface area (Å²) in [6, 6.07) is 27.5. The summed E-state index contributed by atoms with van der Waals surface area (Å²) in [6.07, 6.45) is 5.66. The second kappa shape index (κ2) is 11.1. The Morgan fingerprint density at radius 1 is 0.925 bits per heavy atom. The van der Waals surface area contributed by atoms with Crippen molar-refractivity contribution in [3.8, 4) is 17.0 Å². The number of nitrogens with zero attached hydrogens (tertiary/aromatic N) is 3. The molecule has 0 bridgehead atoms. The van der Waals surface area contributed by atoms with Gasteiger partial charge in [-0.25, -0.2) is 4.98 Å². The molecule has 1 fully saturated rings. The van der Waals surface area contributed by atoms with E-state index in [4.69, 9.17) is 4.98 Å². The van der Waals surface area contributed by atoms with E-state index in [1.165, 1.54) is 0 Å². The number of benzene rings is 3. The van der Waals surface area contributed by atoms with Crippen LogP contribution in [-0.4, -0.2) is 25.6 Å². The Bertz CT molecular complexity index is 1640. The van der Waals surface area contributed by atoms with Crippen LogP contribution in [-0.2, 0) is 23.3 Å². The fraction of sp³-hybridized carbons (Fsp3) is 0.219. The molecule has 1 amide bonds. The van der Waals surface area contributed by atoms with Gasteiger partial charge in [0, 0.05) is 24.7 Å². The maximum absolute atomic E-state index is 13.4. The first-order chi connectivity index (χ1) is 19.5. The monoisotopic (exact) mass is 595 g/mol. The molecule has 5 aromatic rings. The second-order valence-corrected chi connectivity index (χ2v) is 11.1. The molecule has 0 saturated heterocycles. The molecule has 2 aromatic heterocycles. The number of hydrogen-bond acceptors (Lipinski definition) is 5. The molecule has 0 unspecified atom stereocenters. The first kappa shape index (κ1) is 26.1. The van der Waals surface area contributed by atoms with Gasteiger partial charge in [-0.15, -0.1) is 0 Å². The number of amides is 1. The van der Waals surface area contributed by atoms with Crippen molar-refractivity contribution in [3.05, 3.63) is 112 Å². The summed E-state index contributed by atoms with van der Waals surface area (Å²) < 4.78 is 2.51. The number of halogens is 1. The van der Waals surface area contributed by atoms with Crippen molar-refractivity contribution in [3.63, 3.8) is 0 Å². The third-order valence-electron chi connectivity index (χ3n) is 7.78. The van der Waals surface area contributed by atoms with Gasteiger partial charge in [-0.3, -0.25) is 4.79 Å². The fourth-order valence-electron chi connectivity index (χ4n) is 5.59.